The van der Waals surface area contributed by atoms with Gasteiger partial charge in [-0.2, -0.15) is 24.9 Å². The lowest BCUT2D eigenvalue weighted by Gasteiger charge is -2.32. The molecule has 0 aliphatic carbocycles. The molecule has 1 aliphatic rings. The van der Waals surface area contributed by atoms with Gasteiger partial charge in [0, 0.05) is 33.5 Å². The van der Waals surface area contributed by atoms with E-state index in [2.05, 4.69) is 0 Å². The van der Waals surface area contributed by atoms with E-state index in [1.54, 1.807) is 18.2 Å². The first-order valence-corrected chi connectivity index (χ1v) is 11.8. The van der Waals surface area contributed by atoms with Crippen LogP contribution in [0.1, 0.15) is 29.5 Å². The molecule has 1 atom stereocenters. The van der Waals surface area contributed by atoms with E-state index in [9.17, 15) is 18.0 Å². The number of benzene rings is 2. The molecule has 0 fully saturated rings. The Hall–Kier alpha value is -1.34. The largest absolute Gasteiger partial charge is 0.480 e. The number of ketones is 1. The van der Waals surface area contributed by atoms with Crippen molar-refractivity contribution in [2.45, 2.75) is 31.0 Å². The molecule has 0 saturated carbocycles. The normalized spacial score (nSPS) is 18.6. The molecule has 0 radical (unpaired) electrons. The topological polar surface area (TPSA) is 26.3 Å². The molecule has 166 valence electrons. The van der Waals surface area contributed by atoms with Crippen molar-refractivity contribution in [1.29, 1.82) is 0 Å². The minimum Gasteiger partial charge on any atom is -0.480 e. The second-order valence-electron chi connectivity index (χ2n) is 7.20. The number of thioether (sulfide) groups is 1. The first-order valence-electron chi connectivity index (χ1n) is 9.25. The molecule has 0 amide bonds. The van der Waals surface area contributed by atoms with Crippen LogP contribution >= 0.6 is 46.6 Å². The van der Waals surface area contributed by atoms with E-state index in [1.807, 2.05) is 6.26 Å². The summed E-state index contributed by atoms with van der Waals surface area (Å²) in [5, 5.41) is 0.573. The lowest BCUT2D eigenvalue weighted by molar-refractivity contribution is -0.260. The van der Waals surface area contributed by atoms with Gasteiger partial charge in [-0.25, -0.2) is 0 Å². The Balaban J connectivity index is 1.85. The molecule has 0 spiro atoms. The Morgan fingerprint density at radius 1 is 1.13 bits per heavy atom. The average Bonchev–Trinajstić information content (AvgIpc) is 3.13. The van der Waals surface area contributed by atoms with Crippen LogP contribution in [-0.2, 0) is 21.6 Å². The zero-order chi connectivity index (χ0) is 22.8. The van der Waals surface area contributed by atoms with Crippen molar-refractivity contribution in [2.24, 2.45) is 0 Å². The Labute approximate surface area is 197 Å². The molecule has 1 heterocycles. The second kappa shape index (κ2) is 9.65. The van der Waals surface area contributed by atoms with Crippen molar-refractivity contribution in [2.75, 3.05) is 12.0 Å². The fourth-order valence-electron chi connectivity index (χ4n) is 3.44. The molecule has 0 bridgehead atoms. The Morgan fingerprint density at radius 3 is 2.39 bits per heavy atom. The monoisotopic (exact) mass is 508 g/mol. The van der Waals surface area contributed by atoms with Crippen LogP contribution in [0.15, 0.2) is 42.7 Å². The van der Waals surface area contributed by atoms with Gasteiger partial charge in [0.2, 0.25) is 5.60 Å². The van der Waals surface area contributed by atoms with Gasteiger partial charge in [-0.1, -0.05) is 46.9 Å². The van der Waals surface area contributed by atoms with Crippen LogP contribution in [-0.4, -0.2) is 24.0 Å². The molecule has 2 aromatic rings. The van der Waals surface area contributed by atoms with Gasteiger partial charge in [0.15, 0.2) is 0 Å². The smallest absolute Gasteiger partial charge is 0.432 e. The van der Waals surface area contributed by atoms with Gasteiger partial charge >= 0.3 is 6.18 Å². The molecule has 3 rings (SSSR count). The zero-order valence-electron chi connectivity index (χ0n) is 16.4. The Kier molecular flexibility index (Phi) is 7.57. The zero-order valence-corrected chi connectivity index (χ0v) is 19.4. The van der Waals surface area contributed by atoms with Crippen LogP contribution in [0.25, 0.3) is 5.57 Å². The first kappa shape index (κ1) is 24.3. The minimum absolute atomic E-state index is 0.0894. The number of alkyl halides is 3. The summed E-state index contributed by atoms with van der Waals surface area (Å²) in [6, 6.07) is 8.80. The van der Waals surface area contributed by atoms with E-state index < -0.39 is 18.2 Å². The maximum atomic E-state index is 14.1. The van der Waals surface area contributed by atoms with Crippen LogP contribution in [0.3, 0.4) is 0 Å². The van der Waals surface area contributed by atoms with E-state index in [0.717, 1.165) is 11.8 Å². The van der Waals surface area contributed by atoms with Gasteiger partial charge in [0.05, 0.1) is 12.0 Å². The summed E-state index contributed by atoms with van der Waals surface area (Å²) in [5.74, 6) is 0.558. The number of carbonyl (C=O) groups excluding carboxylic acids is 1. The Morgan fingerprint density at radius 2 is 1.81 bits per heavy atom. The highest BCUT2D eigenvalue weighted by Crippen LogP contribution is 2.52. The first-order chi connectivity index (χ1) is 14.6. The maximum absolute atomic E-state index is 14.1. The summed E-state index contributed by atoms with van der Waals surface area (Å²) >= 11 is 19.7. The number of Topliss-reactive ketones (excluding diaryl/α,β-unsaturated/α-hetero) is 1. The number of rotatable bonds is 7. The van der Waals surface area contributed by atoms with E-state index in [4.69, 9.17) is 39.5 Å². The lowest BCUT2D eigenvalue weighted by Crippen LogP contribution is -2.42. The highest BCUT2D eigenvalue weighted by molar-refractivity contribution is 7.99. The average molecular weight is 510 g/mol. The van der Waals surface area contributed by atoms with Gasteiger partial charge in [0.25, 0.3) is 0 Å². The summed E-state index contributed by atoms with van der Waals surface area (Å²) in [6.45, 7) is 0. The van der Waals surface area contributed by atoms with Crippen molar-refractivity contribution in [3.05, 3.63) is 74.4 Å². The lowest BCUT2D eigenvalue weighted by atomic mass is 9.86. The number of hydrogen-bond acceptors (Lipinski definition) is 3. The number of hydrogen-bond donors (Lipinski definition) is 0. The van der Waals surface area contributed by atoms with E-state index in [1.165, 1.54) is 30.0 Å². The predicted molar refractivity (Wildman–Crippen MR) is 121 cm³/mol. The third-order valence-corrected chi connectivity index (χ3v) is 6.43. The SMILES string of the molecule is CSCC(=O)CCc1ccc(C2=COC(c3cc(Cl)cc(Cl)c3)(C(F)(F)F)C2)cc1Cl. The van der Waals surface area contributed by atoms with E-state index in [-0.39, 0.29) is 21.4 Å². The molecular weight excluding hydrogens is 492 g/mol. The van der Waals surface area contributed by atoms with Gasteiger partial charge in [-0.05, 0) is 53.6 Å². The van der Waals surface area contributed by atoms with Crippen LogP contribution < -0.4 is 0 Å². The molecule has 31 heavy (non-hydrogen) atoms. The number of ether oxygens (including phenoxy) is 1. The van der Waals surface area contributed by atoms with Crippen molar-refractivity contribution in [3.63, 3.8) is 0 Å². The van der Waals surface area contributed by atoms with Gasteiger partial charge < -0.3 is 4.74 Å². The summed E-state index contributed by atoms with van der Waals surface area (Å²) in [7, 11) is 0. The highest BCUT2D eigenvalue weighted by atomic mass is 35.5. The standard InChI is InChI=1S/C22H18Cl3F3O2S/c1-31-12-19(29)5-4-13-2-3-14(6-20(13)25)15-10-21(30-11-15,22(26,27)28)16-7-17(23)9-18(24)8-16/h2-3,6-9,11H,4-5,10,12H2,1H3. The molecule has 1 unspecified atom stereocenters. The molecule has 0 aromatic heterocycles. The van der Waals surface area contributed by atoms with Crippen molar-refractivity contribution < 1.29 is 22.7 Å². The van der Waals surface area contributed by atoms with E-state index >= 15 is 0 Å². The molecule has 2 nitrogen and oxygen atoms in total. The van der Waals surface area contributed by atoms with Crippen molar-refractivity contribution in [3.8, 4) is 0 Å². The van der Waals surface area contributed by atoms with Gasteiger partial charge in [-0.3, -0.25) is 4.79 Å². The quantitative estimate of drug-likeness (QED) is 0.382. The fourth-order valence-corrected chi connectivity index (χ4v) is 4.71. The predicted octanol–water partition coefficient (Wildman–Crippen LogP) is 7.73. The van der Waals surface area contributed by atoms with Crippen molar-refractivity contribution >= 4 is 57.9 Å². The second-order valence-corrected chi connectivity index (χ2v) is 9.34. The Bertz CT molecular complexity index is 1000. The summed E-state index contributed by atoms with van der Waals surface area (Å²) < 4.78 is 47.6. The molecular formula is C22H18Cl3F3O2S. The van der Waals surface area contributed by atoms with Crippen LogP contribution in [0, 0.1) is 0 Å². The number of halogens is 6. The highest BCUT2D eigenvalue weighted by Gasteiger charge is 2.60. The van der Waals surface area contributed by atoms with Gasteiger partial charge in [-0.15, -0.1) is 0 Å². The summed E-state index contributed by atoms with van der Waals surface area (Å²) in [6.07, 6.45) is -1.36. The maximum Gasteiger partial charge on any atom is 0.432 e. The molecule has 1 aliphatic heterocycles. The fraction of sp³-hybridized carbons (Fsp3) is 0.318. The summed E-state index contributed by atoms with van der Waals surface area (Å²) in [4.78, 5) is 11.7. The third-order valence-electron chi connectivity index (χ3n) is 5.03. The third kappa shape index (κ3) is 5.36. The van der Waals surface area contributed by atoms with E-state index in [0.29, 0.717) is 34.8 Å². The van der Waals surface area contributed by atoms with Crippen LogP contribution in [0.5, 0.6) is 0 Å². The number of aryl methyl sites for hydroxylation is 1. The van der Waals surface area contributed by atoms with Gasteiger partial charge in [0.1, 0.15) is 5.78 Å². The molecule has 9 heteroatoms. The molecule has 2 aromatic carbocycles. The number of carbonyl (C=O) groups is 1. The molecule has 0 N–H and O–H groups in total. The van der Waals surface area contributed by atoms with Crippen LogP contribution in [0.2, 0.25) is 15.1 Å². The molecule has 0 saturated heterocycles. The van der Waals surface area contributed by atoms with Crippen LogP contribution in [0.4, 0.5) is 13.2 Å². The minimum atomic E-state index is -4.71. The summed E-state index contributed by atoms with van der Waals surface area (Å²) in [5.41, 5.74) is -1.13. The van der Waals surface area contributed by atoms with Crippen molar-refractivity contribution in [1.82, 2.24) is 0 Å².